The third-order valence-electron chi connectivity index (χ3n) is 5.35. The molecule has 30 heavy (non-hydrogen) atoms. The zero-order valence-electron chi connectivity index (χ0n) is 19.6. The predicted molar refractivity (Wildman–Crippen MR) is 117 cm³/mol. The number of hydrogen-bond acceptors (Lipinski definition) is 6. The number of ether oxygens (including phenoxy) is 2. The van der Waals surface area contributed by atoms with Crippen molar-refractivity contribution in [3.8, 4) is 0 Å². The third kappa shape index (κ3) is 6.26. The Bertz CT molecular complexity index is 797. The van der Waals surface area contributed by atoms with Crippen LogP contribution in [-0.2, 0) is 23.8 Å². The molecule has 7 heteroatoms. The van der Waals surface area contributed by atoms with Crippen molar-refractivity contribution in [2.75, 3.05) is 13.2 Å². The van der Waals surface area contributed by atoms with Gasteiger partial charge in [0, 0.05) is 6.42 Å². The van der Waals surface area contributed by atoms with E-state index >= 15 is 0 Å². The van der Waals surface area contributed by atoms with Crippen molar-refractivity contribution in [3.05, 3.63) is 28.8 Å². The molecular weight excluding hydrogens is 404 g/mol. The monoisotopic (exact) mass is 442 g/mol. The Kier molecular flexibility index (Phi) is 8.13. The van der Waals surface area contributed by atoms with Crippen LogP contribution in [0.5, 0.6) is 0 Å². The molecule has 0 spiro atoms. The smallest absolute Gasteiger partial charge is 0.297 e. The van der Waals surface area contributed by atoms with E-state index in [-0.39, 0.29) is 41.8 Å². The minimum absolute atomic E-state index is 0.0192. The van der Waals surface area contributed by atoms with Crippen LogP contribution >= 0.6 is 0 Å². The standard InChI is InChI=1S/C23H38O6S/c1-14(2)17-9-20(15(3)4)22(21(10-17)16(5)6)30(25,26)28-12-18(24)11-19-13-27-23(7,8)29-19/h9-10,14-16,18-19,24H,11-13H2,1-8H3/t18-,19-/m0/s1. The van der Waals surface area contributed by atoms with Gasteiger partial charge in [0.25, 0.3) is 10.1 Å². The van der Waals surface area contributed by atoms with Crippen molar-refractivity contribution in [2.45, 2.75) is 102 Å². The number of aliphatic hydroxyl groups is 1. The topological polar surface area (TPSA) is 82.1 Å². The van der Waals surface area contributed by atoms with Crippen molar-refractivity contribution < 1.29 is 27.2 Å². The first-order valence-corrected chi connectivity index (χ1v) is 12.2. The molecule has 1 saturated heterocycles. The molecule has 0 amide bonds. The van der Waals surface area contributed by atoms with Crippen LogP contribution in [0.15, 0.2) is 17.0 Å². The first kappa shape index (κ1) is 25.3. The fourth-order valence-electron chi connectivity index (χ4n) is 3.66. The maximum Gasteiger partial charge on any atom is 0.297 e. The zero-order valence-corrected chi connectivity index (χ0v) is 20.4. The number of aliphatic hydroxyl groups excluding tert-OH is 1. The molecule has 1 aliphatic rings. The van der Waals surface area contributed by atoms with E-state index in [0.29, 0.717) is 6.61 Å². The van der Waals surface area contributed by atoms with Crippen LogP contribution in [0.4, 0.5) is 0 Å². The van der Waals surface area contributed by atoms with E-state index in [1.807, 2.05) is 53.7 Å². The van der Waals surface area contributed by atoms with Crippen molar-refractivity contribution in [1.29, 1.82) is 0 Å². The summed E-state index contributed by atoms with van der Waals surface area (Å²) in [7, 11) is -4.04. The zero-order chi connectivity index (χ0) is 22.9. The molecule has 2 atom stereocenters. The van der Waals surface area contributed by atoms with Gasteiger partial charge >= 0.3 is 0 Å². The largest absolute Gasteiger partial charge is 0.391 e. The number of benzene rings is 1. The summed E-state index contributed by atoms with van der Waals surface area (Å²) in [6.45, 7) is 15.8. The van der Waals surface area contributed by atoms with Gasteiger partial charge in [0.15, 0.2) is 5.79 Å². The van der Waals surface area contributed by atoms with E-state index in [2.05, 4.69) is 13.8 Å². The van der Waals surface area contributed by atoms with Crippen LogP contribution in [0.3, 0.4) is 0 Å². The molecule has 0 saturated carbocycles. The summed E-state index contributed by atoms with van der Waals surface area (Å²) in [6, 6.07) is 3.94. The molecule has 1 heterocycles. The van der Waals surface area contributed by atoms with Crippen molar-refractivity contribution >= 4 is 10.1 Å². The lowest BCUT2D eigenvalue weighted by atomic mass is 9.89. The van der Waals surface area contributed by atoms with Crippen molar-refractivity contribution in [2.24, 2.45) is 0 Å². The lowest BCUT2D eigenvalue weighted by Crippen LogP contribution is -2.27. The lowest BCUT2D eigenvalue weighted by molar-refractivity contribution is -0.141. The maximum absolute atomic E-state index is 13.2. The average molecular weight is 443 g/mol. The highest BCUT2D eigenvalue weighted by Crippen LogP contribution is 2.36. The Morgan fingerprint density at radius 2 is 1.60 bits per heavy atom. The Hall–Kier alpha value is -0.990. The van der Waals surface area contributed by atoms with Gasteiger partial charge in [-0.3, -0.25) is 4.18 Å². The van der Waals surface area contributed by atoms with Crippen LogP contribution in [0, 0.1) is 0 Å². The lowest BCUT2D eigenvalue weighted by Gasteiger charge is -2.23. The molecule has 1 aromatic carbocycles. The van der Waals surface area contributed by atoms with Crippen molar-refractivity contribution in [3.63, 3.8) is 0 Å². The Morgan fingerprint density at radius 1 is 1.07 bits per heavy atom. The fraction of sp³-hybridized carbons (Fsp3) is 0.739. The molecule has 1 fully saturated rings. The summed E-state index contributed by atoms with van der Waals surface area (Å²) in [5.41, 5.74) is 2.63. The first-order chi connectivity index (χ1) is 13.7. The summed E-state index contributed by atoms with van der Waals surface area (Å²) in [6.07, 6.45) is -1.01. The molecule has 0 aliphatic carbocycles. The highest BCUT2D eigenvalue weighted by Gasteiger charge is 2.34. The molecule has 1 N–H and O–H groups in total. The Balaban J connectivity index is 2.25. The van der Waals surface area contributed by atoms with E-state index in [0.717, 1.165) is 16.7 Å². The molecule has 2 rings (SSSR count). The van der Waals surface area contributed by atoms with Gasteiger partial charge in [0.1, 0.15) is 4.90 Å². The second-order valence-corrected chi connectivity index (χ2v) is 11.1. The van der Waals surface area contributed by atoms with Gasteiger partial charge in [-0.2, -0.15) is 8.42 Å². The summed E-state index contributed by atoms with van der Waals surface area (Å²) in [4.78, 5) is 0.241. The minimum atomic E-state index is -4.04. The fourth-order valence-corrected chi connectivity index (χ4v) is 5.28. The van der Waals surface area contributed by atoms with Gasteiger partial charge in [-0.25, -0.2) is 0 Å². The summed E-state index contributed by atoms with van der Waals surface area (Å²) < 4.78 is 43.0. The summed E-state index contributed by atoms with van der Waals surface area (Å²) in [5, 5.41) is 10.3. The Morgan fingerprint density at radius 3 is 2.00 bits per heavy atom. The van der Waals surface area contributed by atoms with Crippen LogP contribution in [0.1, 0.15) is 96.3 Å². The van der Waals surface area contributed by atoms with Crippen LogP contribution in [0.2, 0.25) is 0 Å². The highest BCUT2D eigenvalue weighted by molar-refractivity contribution is 7.86. The first-order valence-electron chi connectivity index (χ1n) is 10.8. The normalized spacial score (nSPS) is 20.5. The summed E-state index contributed by atoms with van der Waals surface area (Å²) >= 11 is 0. The van der Waals surface area contributed by atoms with Gasteiger partial charge < -0.3 is 14.6 Å². The third-order valence-corrected chi connectivity index (χ3v) is 6.77. The minimum Gasteiger partial charge on any atom is -0.391 e. The van der Waals surface area contributed by atoms with Gasteiger partial charge in [-0.05, 0) is 48.3 Å². The highest BCUT2D eigenvalue weighted by atomic mass is 32.2. The average Bonchev–Trinajstić information content (AvgIpc) is 2.97. The molecule has 0 bridgehead atoms. The molecule has 6 nitrogen and oxygen atoms in total. The van der Waals surface area contributed by atoms with E-state index in [1.54, 1.807) is 0 Å². The molecule has 1 aromatic rings. The molecule has 0 radical (unpaired) electrons. The molecule has 1 aliphatic heterocycles. The van der Waals surface area contributed by atoms with Crippen LogP contribution in [0.25, 0.3) is 0 Å². The Labute approximate surface area is 182 Å². The van der Waals surface area contributed by atoms with Gasteiger partial charge in [0.2, 0.25) is 0 Å². The predicted octanol–water partition coefficient (Wildman–Crippen LogP) is 4.66. The number of rotatable bonds is 9. The number of hydrogen-bond donors (Lipinski definition) is 1. The quantitative estimate of drug-likeness (QED) is 0.560. The van der Waals surface area contributed by atoms with Crippen molar-refractivity contribution in [1.82, 2.24) is 0 Å². The van der Waals surface area contributed by atoms with Gasteiger partial charge in [-0.15, -0.1) is 0 Å². The maximum atomic E-state index is 13.2. The molecule has 0 unspecified atom stereocenters. The molecule has 172 valence electrons. The van der Waals surface area contributed by atoms with E-state index in [9.17, 15) is 13.5 Å². The van der Waals surface area contributed by atoms with Crippen LogP contribution < -0.4 is 0 Å². The SMILES string of the molecule is CC(C)c1cc(C(C)C)c(S(=O)(=O)OC[C@@H](O)C[C@H]2COC(C)(C)O2)c(C(C)C)c1. The van der Waals surface area contributed by atoms with Gasteiger partial charge in [-0.1, -0.05) is 53.7 Å². The van der Waals surface area contributed by atoms with Crippen LogP contribution in [-0.4, -0.2) is 44.7 Å². The molecular formula is C23H38O6S. The van der Waals surface area contributed by atoms with E-state index < -0.39 is 22.0 Å². The summed E-state index contributed by atoms with van der Waals surface area (Å²) in [5.74, 6) is -0.359. The van der Waals surface area contributed by atoms with E-state index in [1.165, 1.54) is 0 Å². The second-order valence-electron chi connectivity index (χ2n) is 9.57. The molecule has 0 aromatic heterocycles. The van der Waals surface area contributed by atoms with Gasteiger partial charge in [0.05, 0.1) is 25.4 Å². The second kappa shape index (κ2) is 9.65. The van der Waals surface area contributed by atoms with E-state index in [4.69, 9.17) is 13.7 Å².